The Labute approximate surface area is 111 Å². The smallest absolute Gasteiger partial charge is 0.225 e. The molecule has 0 aromatic heterocycles. The largest absolute Gasteiger partial charge is 0.281 e. The van der Waals surface area contributed by atoms with E-state index < -0.39 is 0 Å². The Morgan fingerprint density at radius 3 is 2.29 bits per heavy atom. The lowest BCUT2D eigenvalue weighted by atomic mass is 10.1. The molecule has 1 aromatic rings. The van der Waals surface area contributed by atoms with Gasteiger partial charge in [0, 0.05) is 11.0 Å². The van der Waals surface area contributed by atoms with Gasteiger partial charge in [-0.3, -0.25) is 4.79 Å². The molecule has 0 N–H and O–H groups in total. The fourth-order valence-corrected chi connectivity index (χ4v) is 2.95. The Balaban J connectivity index is 2.20. The van der Waals surface area contributed by atoms with E-state index >= 15 is 0 Å². The van der Waals surface area contributed by atoms with E-state index in [4.69, 9.17) is 23.2 Å². The molecule has 0 bridgehead atoms. The van der Waals surface area contributed by atoms with Gasteiger partial charge >= 0.3 is 0 Å². The number of carbonyl (C=O) groups excluding carboxylic acids is 1. The molecule has 0 spiro atoms. The van der Waals surface area contributed by atoms with Crippen LogP contribution >= 0.6 is 23.2 Å². The summed E-state index contributed by atoms with van der Waals surface area (Å²) >= 11 is 11.8. The van der Waals surface area contributed by atoms with Crippen LogP contribution in [0.1, 0.15) is 19.4 Å². The summed E-state index contributed by atoms with van der Waals surface area (Å²) in [5, 5.41) is 0.415. The van der Waals surface area contributed by atoms with E-state index in [1.165, 1.54) is 0 Å². The van der Waals surface area contributed by atoms with Crippen LogP contribution in [0.5, 0.6) is 0 Å². The van der Waals surface area contributed by atoms with E-state index in [1.54, 1.807) is 0 Å². The zero-order valence-electron chi connectivity index (χ0n) is 9.78. The molecule has 0 radical (unpaired) electrons. The number of hydrogen-bond acceptors (Lipinski definition) is 1. The first-order valence-corrected chi connectivity index (χ1v) is 6.32. The van der Waals surface area contributed by atoms with Gasteiger partial charge < -0.3 is 0 Å². The maximum absolute atomic E-state index is 11.2. The Bertz CT molecular complexity index is 462. The molecule has 0 aliphatic heterocycles. The molecular weight excluding hydrogens is 255 g/mol. The van der Waals surface area contributed by atoms with Crippen LogP contribution in [0, 0.1) is 17.3 Å². The van der Waals surface area contributed by atoms with Crippen LogP contribution in [0.3, 0.4) is 0 Å². The molecule has 1 fully saturated rings. The topological polar surface area (TPSA) is 17.1 Å². The van der Waals surface area contributed by atoms with Gasteiger partial charge in [-0.1, -0.05) is 61.9 Å². The third-order valence-electron chi connectivity index (χ3n) is 3.53. The molecule has 2 rings (SSSR count). The molecule has 1 nitrogen and oxygen atoms in total. The van der Waals surface area contributed by atoms with E-state index in [-0.39, 0.29) is 22.5 Å². The molecule has 90 valence electrons. The highest BCUT2D eigenvalue weighted by Crippen LogP contribution is 2.60. The highest BCUT2D eigenvalue weighted by molar-refractivity contribution is 6.64. The third-order valence-corrected chi connectivity index (χ3v) is 4.11. The zero-order valence-corrected chi connectivity index (χ0v) is 11.3. The summed E-state index contributed by atoms with van der Waals surface area (Å²) in [5.74, 6) is 0.0295. The molecule has 1 aliphatic rings. The van der Waals surface area contributed by atoms with Crippen molar-refractivity contribution in [3.8, 4) is 0 Å². The Morgan fingerprint density at radius 2 is 1.82 bits per heavy atom. The fraction of sp³-hybridized carbons (Fsp3) is 0.357. The van der Waals surface area contributed by atoms with Gasteiger partial charge in [0.25, 0.3) is 0 Å². The van der Waals surface area contributed by atoms with E-state index in [1.807, 2.05) is 50.3 Å². The summed E-state index contributed by atoms with van der Waals surface area (Å²) in [6, 6.07) is 9.72. The minimum absolute atomic E-state index is 0.0756. The lowest BCUT2D eigenvalue weighted by molar-refractivity contribution is -0.113. The van der Waals surface area contributed by atoms with Crippen LogP contribution in [-0.4, -0.2) is 5.24 Å². The monoisotopic (exact) mass is 268 g/mol. The van der Waals surface area contributed by atoms with Crippen molar-refractivity contribution in [1.82, 2.24) is 0 Å². The standard InChI is InChI=1S/C14H14Cl2O/c1-14(2)10(12(14)13(16)17)8-11(15)9-6-4-3-5-7-9/h3-8,10,12H,1-2H3/b11-8-. The lowest BCUT2D eigenvalue weighted by Gasteiger charge is -2.00. The second-order valence-corrected chi connectivity index (χ2v) is 5.79. The van der Waals surface area contributed by atoms with Crippen LogP contribution < -0.4 is 0 Å². The van der Waals surface area contributed by atoms with Crippen molar-refractivity contribution < 1.29 is 4.79 Å². The maximum atomic E-state index is 11.2. The molecule has 2 atom stereocenters. The van der Waals surface area contributed by atoms with E-state index in [9.17, 15) is 4.79 Å². The minimum atomic E-state index is -0.270. The van der Waals surface area contributed by atoms with Gasteiger partial charge in [-0.25, -0.2) is 0 Å². The molecule has 0 heterocycles. The number of carbonyl (C=O) groups is 1. The number of allylic oxidation sites excluding steroid dienone is 1. The lowest BCUT2D eigenvalue weighted by Crippen LogP contribution is -1.96. The van der Waals surface area contributed by atoms with Gasteiger partial charge in [0.05, 0.1) is 0 Å². The first-order valence-electron chi connectivity index (χ1n) is 5.56. The molecule has 0 saturated heterocycles. The number of hydrogen-bond donors (Lipinski definition) is 0. The molecule has 1 saturated carbocycles. The summed E-state index contributed by atoms with van der Waals surface area (Å²) < 4.78 is 0. The summed E-state index contributed by atoms with van der Waals surface area (Å²) in [6.45, 7) is 4.07. The summed E-state index contributed by atoms with van der Waals surface area (Å²) in [6.07, 6.45) is 1.95. The highest BCUT2D eigenvalue weighted by Gasteiger charge is 2.60. The van der Waals surface area contributed by atoms with Gasteiger partial charge in [-0.05, 0) is 28.5 Å². The Morgan fingerprint density at radius 1 is 1.24 bits per heavy atom. The summed E-state index contributed by atoms with van der Waals surface area (Å²) in [7, 11) is 0. The zero-order chi connectivity index (χ0) is 12.6. The van der Waals surface area contributed by atoms with Gasteiger partial charge in [0.2, 0.25) is 5.24 Å². The normalized spacial score (nSPS) is 26.7. The van der Waals surface area contributed by atoms with Crippen molar-refractivity contribution in [3.63, 3.8) is 0 Å². The van der Waals surface area contributed by atoms with Crippen LogP contribution in [0.25, 0.3) is 5.03 Å². The van der Waals surface area contributed by atoms with E-state index in [0.717, 1.165) is 5.56 Å². The fourth-order valence-electron chi connectivity index (χ4n) is 2.27. The summed E-state index contributed by atoms with van der Waals surface area (Å²) in [5.41, 5.74) is 0.894. The van der Waals surface area contributed by atoms with Crippen LogP contribution in [0.4, 0.5) is 0 Å². The van der Waals surface area contributed by atoms with Crippen LogP contribution in [0.2, 0.25) is 0 Å². The predicted molar refractivity (Wildman–Crippen MR) is 71.9 cm³/mol. The SMILES string of the molecule is CC1(C)C(/C=C(\Cl)c2ccccc2)C1C(=O)Cl. The van der Waals surface area contributed by atoms with Crippen molar-refractivity contribution in [2.24, 2.45) is 17.3 Å². The maximum Gasteiger partial charge on any atom is 0.225 e. The molecule has 2 unspecified atom stereocenters. The van der Waals surface area contributed by atoms with Crippen LogP contribution in [0.15, 0.2) is 36.4 Å². The molecule has 1 aromatic carbocycles. The van der Waals surface area contributed by atoms with E-state index in [2.05, 4.69) is 0 Å². The molecule has 0 amide bonds. The molecule has 3 heteroatoms. The van der Waals surface area contributed by atoms with Gasteiger partial charge in [-0.2, -0.15) is 0 Å². The molecule has 17 heavy (non-hydrogen) atoms. The van der Waals surface area contributed by atoms with Crippen molar-refractivity contribution in [1.29, 1.82) is 0 Å². The molecular formula is C14H14Cl2O. The second kappa shape index (κ2) is 4.47. The first kappa shape index (κ1) is 12.7. The number of benzene rings is 1. The van der Waals surface area contributed by atoms with Gasteiger partial charge in [0.15, 0.2) is 0 Å². The Hall–Kier alpha value is -0.790. The van der Waals surface area contributed by atoms with E-state index in [0.29, 0.717) is 5.03 Å². The number of halogens is 2. The highest BCUT2D eigenvalue weighted by atomic mass is 35.5. The minimum Gasteiger partial charge on any atom is -0.281 e. The summed E-state index contributed by atoms with van der Waals surface area (Å²) in [4.78, 5) is 11.2. The Kier molecular flexibility index (Phi) is 3.33. The van der Waals surface area contributed by atoms with Gasteiger partial charge in [0.1, 0.15) is 0 Å². The van der Waals surface area contributed by atoms with Crippen molar-refractivity contribution in [2.45, 2.75) is 13.8 Å². The quantitative estimate of drug-likeness (QED) is 0.747. The van der Waals surface area contributed by atoms with Gasteiger partial charge in [-0.15, -0.1) is 0 Å². The molecule has 1 aliphatic carbocycles. The third kappa shape index (κ3) is 2.41. The average Bonchev–Trinajstić information content (AvgIpc) is 2.81. The van der Waals surface area contributed by atoms with Crippen molar-refractivity contribution >= 4 is 33.5 Å². The predicted octanol–water partition coefficient (Wildman–Crippen LogP) is 4.30. The second-order valence-electron chi connectivity index (χ2n) is 5.01. The average molecular weight is 269 g/mol. The van der Waals surface area contributed by atoms with Crippen molar-refractivity contribution in [2.75, 3.05) is 0 Å². The van der Waals surface area contributed by atoms with Crippen LogP contribution in [-0.2, 0) is 4.79 Å². The first-order chi connectivity index (χ1) is 7.94. The van der Waals surface area contributed by atoms with Crippen molar-refractivity contribution in [3.05, 3.63) is 42.0 Å². The number of rotatable bonds is 3.